The van der Waals surface area contributed by atoms with Crippen LogP contribution in [0.4, 0.5) is 0 Å². The molecule has 1 heterocycles. The molecule has 0 saturated carbocycles. The molecule has 0 saturated heterocycles. The van der Waals surface area contributed by atoms with Crippen LogP contribution < -0.4 is 11.2 Å². The van der Waals surface area contributed by atoms with E-state index < -0.39 is 5.69 Å². The molecule has 0 spiro atoms. The maximum atomic E-state index is 12.3. The van der Waals surface area contributed by atoms with Crippen LogP contribution in [0.1, 0.15) is 58.6 Å². The SMILES string of the molecule is CCCc1c(Cl)[nH]c(=O)n(C(C)CCC(C)C)c1=O. The van der Waals surface area contributed by atoms with Crippen molar-refractivity contribution in [2.24, 2.45) is 5.92 Å². The number of nitrogens with zero attached hydrogens (tertiary/aromatic N) is 1. The van der Waals surface area contributed by atoms with Crippen LogP contribution >= 0.6 is 11.6 Å². The first-order chi connectivity index (χ1) is 8.88. The standard InChI is InChI=1S/C14H23ClN2O2/c1-5-6-11-12(15)16-14(19)17(13(11)18)10(4)8-7-9(2)3/h9-10H,5-8H2,1-4H3,(H,16,19). The van der Waals surface area contributed by atoms with Gasteiger partial charge in [0.15, 0.2) is 0 Å². The highest BCUT2D eigenvalue weighted by atomic mass is 35.5. The zero-order valence-electron chi connectivity index (χ0n) is 12.1. The Hall–Kier alpha value is -1.03. The van der Waals surface area contributed by atoms with Crippen molar-refractivity contribution < 1.29 is 0 Å². The van der Waals surface area contributed by atoms with Gasteiger partial charge in [-0.1, -0.05) is 38.8 Å². The molecule has 0 amide bonds. The lowest BCUT2D eigenvalue weighted by molar-refractivity contribution is 0.416. The summed E-state index contributed by atoms with van der Waals surface area (Å²) in [6, 6.07) is -0.105. The number of aromatic amines is 1. The van der Waals surface area contributed by atoms with Gasteiger partial charge in [0.1, 0.15) is 5.15 Å². The summed E-state index contributed by atoms with van der Waals surface area (Å²) in [7, 11) is 0. The normalized spacial score (nSPS) is 12.9. The number of aromatic nitrogens is 2. The van der Waals surface area contributed by atoms with E-state index in [-0.39, 0.29) is 16.8 Å². The molecule has 0 aliphatic heterocycles. The molecule has 108 valence electrons. The largest absolute Gasteiger partial charge is 0.329 e. The Morgan fingerprint density at radius 3 is 2.37 bits per heavy atom. The molecule has 1 atom stereocenters. The molecule has 19 heavy (non-hydrogen) atoms. The first-order valence-electron chi connectivity index (χ1n) is 6.91. The van der Waals surface area contributed by atoms with Crippen LogP contribution in [0.2, 0.25) is 5.15 Å². The van der Waals surface area contributed by atoms with Crippen molar-refractivity contribution in [1.29, 1.82) is 0 Å². The van der Waals surface area contributed by atoms with Crippen molar-refractivity contribution in [3.05, 3.63) is 31.6 Å². The Morgan fingerprint density at radius 1 is 1.21 bits per heavy atom. The average Bonchev–Trinajstić information content (AvgIpc) is 2.31. The van der Waals surface area contributed by atoms with Crippen molar-refractivity contribution in [2.45, 2.75) is 59.4 Å². The zero-order chi connectivity index (χ0) is 14.6. The van der Waals surface area contributed by atoms with Gasteiger partial charge in [-0.05, 0) is 32.1 Å². The topological polar surface area (TPSA) is 54.9 Å². The quantitative estimate of drug-likeness (QED) is 0.817. The molecule has 1 unspecified atom stereocenters. The number of halogens is 1. The van der Waals surface area contributed by atoms with E-state index in [9.17, 15) is 9.59 Å². The summed E-state index contributed by atoms with van der Waals surface area (Å²) in [5, 5.41) is 0.184. The Balaban J connectivity index is 3.16. The Morgan fingerprint density at radius 2 is 1.84 bits per heavy atom. The lowest BCUT2D eigenvalue weighted by atomic mass is 10.0. The van der Waals surface area contributed by atoms with Crippen molar-refractivity contribution in [3.8, 4) is 0 Å². The maximum Gasteiger partial charge on any atom is 0.329 e. The Bertz CT molecular complexity index is 531. The third kappa shape index (κ3) is 3.96. The second-order valence-corrected chi connectivity index (χ2v) is 5.85. The average molecular weight is 287 g/mol. The molecule has 0 bridgehead atoms. The highest BCUT2D eigenvalue weighted by Crippen LogP contribution is 2.15. The minimum atomic E-state index is -0.411. The second-order valence-electron chi connectivity index (χ2n) is 5.47. The molecule has 4 nitrogen and oxygen atoms in total. The highest BCUT2D eigenvalue weighted by Gasteiger charge is 2.16. The van der Waals surface area contributed by atoms with E-state index in [1.54, 1.807) is 0 Å². The van der Waals surface area contributed by atoms with E-state index in [0.29, 0.717) is 17.9 Å². The maximum absolute atomic E-state index is 12.3. The lowest BCUT2D eigenvalue weighted by Crippen LogP contribution is -2.39. The highest BCUT2D eigenvalue weighted by molar-refractivity contribution is 6.30. The molecular weight excluding hydrogens is 264 g/mol. The van der Waals surface area contributed by atoms with E-state index >= 15 is 0 Å². The molecule has 0 aliphatic rings. The summed E-state index contributed by atoms with van der Waals surface area (Å²) in [5.41, 5.74) is -0.141. The van der Waals surface area contributed by atoms with Crippen molar-refractivity contribution in [1.82, 2.24) is 9.55 Å². The van der Waals surface area contributed by atoms with Gasteiger partial charge in [0.05, 0.1) is 5.56 Å². The van der Waals surface area contributed by atoms with Crippen LogP contribution in [-0.2, 0) is 6.42 Å². The fourth-order valence-corrected chi connectivity index (χ4v) is 2.39. The third-order valence-corrected chi connectivity index (χ3v) is 3.60. The lowest BCUT2D eigenvalue weighted by Gasteiger charge is -2.16. The van der Waals surface area contributed by atoms with Gasteiger partial charge in [0.2, 0.25) is 0 Å². The molecule has 0 fully saturated rings. The van der Waals surface area contributed by atoms with Gasteiger partial charge in [-0.15, -0.1) is 0 Å². The van der Waals surface area contributed by atoms with Gasteiger partial charge >= 0.3 is 5.69 Å². The predicted molar refractivity (Wildman–Crippen MR) is 79.1 cm³/mol. The zero-order valence-corrected chi connectivity index (χ0v) is 12.9. The Labute approximate surface area is 118 Å². The van der Waals surface area contributed by atoms with Crippen molar-refractivity contribution in [2.75, 3.05) is 0 Å². The first-order valence-corrected chi connectivity index (χ1v) is 7.29. The van der Waals surface area contributed by atoms with E-state index in [1.165, 1.54) is 4.57 Å². The van der Waals surface area contributed by atoms with Crippen LogP contribution in [0.5, 0.6) is 0 Å². The molecular formula is C14H23ClN2O2. The number of hydrogen-bond donors (Lipinski definition) is 1. The van der Waals surface area contributed by atoms with Gasteiger partial charge in [0, 0.05) is 6.04 Å². The van der Waals surface area contributed by atoms with Gasteiger partial charge in [-0.3, -0.25) is 14.3 Å². The molecule has 0 aliphatic carbocycles. The molecule has 1 aromatic heterocycles. The minimum Gasteiger partial charge on any atom is -0.297 e. The van der Waals surface area contributed by atoms with Crippen LogP contribution in [0, 0.1) is 5.92 Å². The van der Waals surface area contributed by atoms with Gasteiger partial charge in [0.25, 0.3) is 5.56 Å². The van der Waals surface area contributed by atoms with Crippen LogP contribution in [-0.4, -0.2) is 9.55 Å². The number of H-pyrrole nitrogens is 1. The van der Waals surface area contributed by atoms with Crippen LogP contribution in [0.25, 0.3) is 0 Å². The summed E-state index contributed by atoms with van der Waals surface area (Å²) < 4.78 is 1.30. The number of rotatable bonds is 6. The third-order valence-electron chi connectivity index (χ3n) is 3.28. The van der Waals surface area contributed by atoms with Gasteiger partial charge in [-0.2, -0.15) is 0 Å². The fraction of sp³-hybridized carbons (Fsp3) is 0.714. The summed E-state index contributed by atoms with van der Waals surface area (Å²) in [6.07, 6.45) is 3.21. The van der Waals surface area contributed by atoms with E-state index in [4.69, 9.17) is 11.6 Å². The van der Waals surface area contributed by atoms with Gasteiger partial charge < -0.3 is 0 Å². The summed E-state index contributed by atoms with van der Waals surface area (Å²) >= 11 is 5.95. The molecule has 1 rings (SSSR count). The van der Waals surface area contributed by atoms with E-state index in [0.717, 1.165) is 19.3 Å². The van der Waals surface area contributed by atoms with Crippen LogP contribution in [0.3, 0.4) is 0 Å². The molecule has 1 N–H and O–H groups in total. The molecule has 1 aromatic rings. The van der Waals surface area contributed by atoms with Crippen molar-refractivity contribution in [3.63, 3.8) is 0 Å². The molecule has 5 heteroatoms. The summed E-state index contributed by atoms with van der Waals surface area (Å²) in [6.45, 7) is 8.14. The van der Waals surface area contributed by atoms with E-state index in [2.05, 4.69) is 18.8 Å². The smallest absolute Gasteiger partial charge is 0.297 e. The number of nitrogens with one attached hydrogen (secondary N) is 1. The second kappa shape index (κ2) is 6.94. The van der Waals surface area contributed by atoms with Crippen molar-refractivity contribution >= 4 is 11.6 Å². The van der Waals surface area contributed by atoms with E-state index in [1.807, 2.05) is 13.8 Å². The summed E-state index contributed by atoms with van der Waals surface area (Å²) in [4.78, 5) is 26.8. The van der Waals surface area contributed by atoms with Crippen LogP contribution in [0.15, 0.2) is 9.59 Å². The molecule has 0 radical (unpaired) electrons. The predicted octanol–water partition coefficient (Wildman–Crippen LogP) is 3.14. The van der Waals surface area contributed by atoms with Gasteiger partial charge in [-0.25, -0.2) is 4.79 Å². The number of hydrogen-bond acceptors (Lipinski definition) is 2. The summed E-state index contributed by atoms with van der Waals surface area (Å²) in [5.74, 6) is 0.555. The Kier molecular flexibility index (Phi) is 5.85. The fourth-order valence-electron chi connectivity index (χ4n) is 2.13. The monoisotopic (exact) mass is 286 g/mol. The molecule has 0 aromatic carbocycles. The minimum absolute atomic E-state index is 0.105. The first kappa shape index (κ1) is 16.0.